The molecule has 1 aromatic heterocycles. The third kappa shape index (κ3) is 2.47. The van der Waals surface area contributed by atoms with Crippen LogP contribution in [0.25, 0.3) is 10.1 Å². The summed E-state index contributed by atoms with van der Waals surface area (Å²) < 4.78 is 1.03. The van der Waals surface area contributed by atoms with Crippen LogP contribution in [0.1, 0.15) is 16.6 Å². The van der Waals surface area contributed by atoms with Crippen LogP contribution in [0.5, 0.6) is 0 Å². The lowest BCUT2D eigenvalue weighted by atomic mass is 10.2. The Bertz CT molecular complexity index is 702. The molecule has 0 atom stereocenters. The summed E-state index contributed by atoms with van der Waals surface area (Å²) in [6.45, 7) is 3.86. The Kier molecular flexibility index (Phi) is 3.55. The molecular weight excluding hydrogens is 286 g/mol. The van der Waals surface area contributed by atoms with Crippen molar-refractivity contribution in [3.05, 3.63) is 29.1 Å². The van der Waals surface area contributed by atoms with E-state index >= 15 is 0 Å². The number of anilines is 1. The van der Waals surface area contributed by atoms with Crippen molar-refractivity contribution in [1.82, 2.24) is 9.80 Å². The zero-order chi connectivity index (χ0) is 15.0. The van der Waals surface area contributed by atoms with E-state index in [2.05, 4.69) is 0 Å². The van der Waals surface area contributed by atoms with Gasteiger partial charge in [-0.15, -0.1) is 11.3 Å². The van der Waals surface area contributed by atoms with Gasteiger partial charge in [-0.2, -0.15) is 0 Å². The van der Waals surface area contributed by atoms with E-state index < -0.39 is 0 Å². The van der Waals surface area contributed by atoms with Crippen molar-refractivity contribution < 1.29 is 9.59 Å². The maximum atomic E-state index is 12.6. The Labute approximate surface area is 126 Å². The minimum atomic E-state index is -0.0306. The largest absolute Gasteiger partial charge is 0.397 e. The van der Waals surface area contributed by atoms with Crippen molar-refractivity contribution in [2.45, 2.75) is 6.92 Å². The number of thiophene rings is 1. The molecule has 1 fully saturated rings. The van der Waals surface area contributed by atoms with E-state index in [1.165, 1.54) is 11.3 Å². The van der Waals surface area contributed by atoms with Gasteiger partial charge in [-0.3, -0.25) is 9.59 Å². The lowest BCUT2D eigenvalue weighted by Gasteiger charge is -2.34. The fraction of sp³-hybridized carbons (Fsp3) is 0.333. The van der Waals surface area contributed by atoms with Gasteiger partial charge in [-0.1, -0.05) is 18.2 Å². The molecule has 2 amide bonds. The minimum absolute atomic E-state index is 0.0306. The van der Waals surface area contributed by atoms with Crippen LogP contribution in [0.15, 0.2) is 24.3 Å². The fourth-order valence-electron chi connectivity index (χ4n) is 2.59. The first kappa shape index (κ1) is 13.9. The molecule has 0 unspecified atom stereocenters. The van der Waals surface area contributed by atoms with Gasteiger partial charge in [0.25, 0.3) is 5.91 Å². The first-order valence-electron chi connectivity index (χ1n) is 6.89. The zero-order valence-electron chi connectivity index (χ0n) is 11.8. The van der Waals surface area contributed by atoms with Gasteiger partial charge in [0.1, 0.15) is 4.88 Å². The summed E-state index contributed by atoms with van der Waals surface area (Å²) in [5.41, 5.74) is 6.68. The van der Waals surface area contributed by atoms with Crippen LogP contribution in [-0.4, -0.2) is 47.8 Å². The summed E-state index contributed by atoms with van der Waals surface area (Å²) in [5, 5.41) is 0.938. The quantitative estimate of drug-likeness (QED) is 0.873. The number of rotatable bonds is 1. The summed E-state index contributed by atoms with van der Waals surface area (Å²) in [7, 11) is 0. The van der Waals surface area contributed by atoms with E-state index in [9.17, 15) is 9.59 Å². The highest BCUT2D eigenvalue weighted by atomic mass is 32.1. The van der Waals surface area contributed by atoms with E-state index in [1.807, 2.05) is 24.3 Å². The average Bonchev–Trinajstić information content (AvgIpc) is 2.84. The molecule has 3 rings (SSSR count). The number of amides is 2. The molecule has 110 valence electrons. The Balaban J connectivity index is 1.82. The third-order valence-corrected chi connectivity index (χ3v) is 5.01. The summed E-state index contributed by atoms with van der Waals surface area (Å²) in [5.74, 6) is 0.0281. The molecule has 5 nitrogen and oxygen atoms in total. The molecule has 0 aliphatic carbocycles. The van der Waals surface area contributed by atoms with Gasteiger partial charge >= 0.3 is 0 Å². The van der Waals surface area contributed by atoms with Crippen molar-refractivity contribution in [2.24, 2.45) is 0 Å². The minimum Gasteiger partial charge on any atom is -0.397 e. The topological polar surface area (TPSA) is 66.6 Å². The molecule has 1 aliphatic rings. The molecule has 2 aromatic rings. The maximum Gasteiger partial charge on any atom is 0.266 e. The Morgan fingerprint density at radius 3 is 2.33 bits per heavy atom. The molecule has 0 bridgehead atoms. The van der Waals surface area contributed by atoms with Crippen LogP contribution in [0.2, 0.25) is 0 Å². The lowest BCUT2D eigenvalue weighted by molar-refractivity contribution is -0.130. The first-order chi connectivity index (χ1) is 10.1. The van der Waals surface area contributed by atoms with Gasteiger partial charge in [-0.25, -0.2) is 0 Å². The predicted molar refractivity (Wildman–Crippen MR) is 84.4 cm³/mol. The van der Waals surface area contributed by atoms with Gasteiger partial charge in [0.15, 0.2) is 0 Å². The fourth-order valence-corrected chi connectivity index (χ4v) is 3.68. The van der Waals surface area contributed by atoms with Crippen LogP contribution in [0.3, 0.4) is 0 Å². The maximum absolute atomic E-state index is 12.6. The second-order valence-corrected chi connectivity index (χ2v) is 6.19. The van der Waals surface area contributed by atoms with Crippen LogP contribution in [0, 0.1) is 0 Å². The smallest absolute Gasteiger partial charge is 0.266 e. The van der Waals surface area contributed by atoms with Crippen LogP contribution in [0.4, 0.5) is 5.69 Å². The van der Waals surface area contributed by atoms with Crippen LogP contribution < -0.4 is 5.73 Å². The van der Waals surface area contributed by atoms with Crippen LogP contribution >= 0.6 is 11.3 Å². The lowest BCUT2D eigenvalue weighted by Crippen LogP contribution is -2.50. The number of fused-ring (bicyclic) bond motifs is 1. The molecule has 0 spiro atoms. The average molecular weight is 303 g/mol. The van der Waals surface area contributed by atoms with Gasteiger partial charge < -0.3 is 15.5 Å². The van der Waals surface area contributed by atoms with Gasteiger partial charge in [-0.05, 0) is 6.07 Å². The Morgan fingerprint density at radius 1 is 1.10 bits per heavy atom. The highest BCUT2D eigenvalue weighted by molar-refractivity contribution is 7.21. The number of carbonyl (C=O) groups excluding carboxylic acids is 2. The highest BCUT2D eigenvalue weighted by Crippen LogP contribution is 2.34. The first-order valence-corrected chi connectivity index (χ1v) is 7.71. The van der Waals surface area contributed by atoms with E-state index in [0.29, 0.717) is 36.7 Å². The van der Waals surface area contributed by atoms with Crippen molar-refractivity contribution in [2.75, 3.05) is 31.9 Å². The van der Waals surface area contributed by atoms with Crippen molar-refractivity contribution in [1.29, 1.82) is 0 Å². The highest BCUT2D eigenvalue weighted by Gasteiger charge is 2.26. The van der Waals surface area contributed by atoms with E-state index in [4.69, 9.17) is 5.73 Å². The Hall–Kier alpha value is -2.08. The van der Waals surface area contributed by atoms with Gasteiger partial charge in [0.2, 0.25) is 5.91 Å². The molecule has 2 N–H and O–H groups in total. The van der Waals surface area contributed by atoms with Gasteiger partial charge in [0.05, 0.1) is 5.69 Å². The standard InChI is InChI=1S/C15H17N3O2S/c1-10(19)17-6-8-18(9-7-17)15(20)14-13(16)11-4-2-3-5-12(11)21-14/h2-5H,6-9,16H2,1H3. The Morgan fingerprint density at radius 2 is 1.71 bits per heavy atom. The molecule has 1 saturated heterocycles. The number of hydrogen-bond donors (Lipinski definition) is 1. The number of nitrogen functional groups attached to an aromatic ring is 1. The van der Waals surface area contributed by atoms with E-state index in [0.717, 1.165) is 10.1 Å². The molecule has 21 heavy (non-hydrogen) atoms. The van der Waals surface area contributed by atoms with Crippen molar-refractivity contribution >= 4 is 38.9 Å². The van der Waals surface area contributed by atoms with E-state index in [-0.39, 0.29) is 11.8 Å². The normalized spacial score (nSPS) is 15.5. The SMILES string of the molecule is CC(=O)N1CCN(C(=O)c2sc3ccccc3c2N)CC1. The monoisotopic (exact) mass is 303 g/mol. The number of nitrogens with two attached hydrogens (primary N) is 1. The van der Waals surface area contributed by atoms with E-state index in [1.54, 1.807) is 16.7 Å². The number of nitrogens with zero attached hydrogens (tertiary/aromatic N) is 2. The second-order valence-electron chi connectivity index (χ2n) is 5.14. The zero-order valence-corrected chi connectivity index (χ0v) is 12.7. The summed E-state index contributed by atoms with van der Waals surface area (Å²) in [4.78, 5) is 28.1. The number of hydrogen-bond acceptors (Lipinski definition) is 4. The summed E-state index contributed by atoms with van der Waals surface area (Å²) >= 11 is 1.44. The molecule has 2 heterocycles. The molecule has 1 aliphatic heterocycles. The van der Waals surface area contributed by atoms with Crippen LogP contribution in [-0.2, 0) is 4.79 Å². The van der Waals surface area contributed by atoms with Crippen molar-refractivity contribution in [3.8, 4) is 0 Å². The number of benzene rings is 1. The molecular formula is C15H17N3O2S. The molecule has 1 aromatic carbocycles. The van der Waals surface area contributed by atoms with Gasteiger partial charge in [0, 0.05) is 43.2 Å². The number of piperazine rings is 1. The third-order valence-electron chi connectivity index (χ3n) is 3.84. The molecule has 6 heteroatoms. The summed E-state index contributed by atoms with van der Waals surface area (Å²) in [6.07, 6.45) is 0. The summed E-state index contributed by atoms with van der Waals surface area (Å²) in [6, 6.07) is 7.77. The molecule has 0 saturated carbocycles. The predicted octanol–water partition coefficient (Wildman–Crippen LogP) is 1.79. The molecule has 0 radical (unpaired) electrons. The second kappa shape index (κ2) is 5.37. The van der Waals surface area contributed by atoms with Crippen molar-refractivity contribution in [3.63, 3.8) is 0 Å². The number of carbonyl (C=O) groups is 2.